The van der Waals surface area contributed by atoms with Crippen molar-refractivity contribution in [2.75, 3.05) is 39.4 Å². The molecule has 0 radical (unpaired) electrons. The standard InChI is InChI=1S/C47H46F2N8O5/c48-38-23-31(24-39(49)37(38)29-54-18-20-62-21-19-54)35-7-5-8-40-45(35)52-41(26-50-40)33-25-51-57(28-33)34-14-16-55(17-15-34)44(59)9-4-2-1-3-6-30-10-11-36-32(22-30)27-56(47(36)61)42-12-13-43(58)53-46(42)60/h5,7-8,10-11,22-26,28,34,42H,1-2,4,9,12-21,27,29H2,(H,53,58,60). The summed E-state index contributed by atoms with van der Waals surface area (Å²) in [5.74, 6) is 4.35. The van der Waals surface area contributed by atoms with Crippen molar-refractivity contribution in [1.29, 1.82) is 0 Å². The van der Waals surface area contributed by atoms with Crippen LogP contribution in [0.2, 0.25) is 0 Å². The van der Waals surface area contributed by atoms with Crippen LogP contribution in [0.5, 0.6) is 0 Å². The number of fused-ring (bicyclic) bond motifs is 2. The third-order valence-corrected chi connectivity index (χ3v) is 12.3. The number of halogens is 2. The second-order valence-corrected chi connectivity index (χ2v) is 16.3. The van der Waals surface area contributed by atoms with Crippen LogP contribution < -0.4 is 5.32 Å². The van der Waals surface area contributed by atoms with Crippen LogP contribution >= 0.6 is 0 Å². The van der Waals surface area contributed by atoms with Crippen molar-refractivity contribution in [2.24, 2.45) is 0 Å². The number of imide groups is 1. The van der Waals surface area contributed by atoms with Gasteiger partial charge in [-0.25, -0.2) is 13.8 Å². The summed E-state index contributed by atoms with van der Waals surface area (Å²) in [7, 11) is 0. The fourth-order valence-electron chi connectivity index (χ4n) is 8.81. The first-order valence-electron chi connectivity index (χ1n) is 21.3. The highest BCUT2D eigenvalue weighted by Gasteiger charge is 2.39. The maximum atomic E-state index is 15.4. The van der Waals surface area contributed by atoms with Gasteiger partial charge in [-0.15, -0.1) is 0 Å². The number of benzene rings is 3. The molecule has 4 aliphatic heterocycles. The predicted molar refractivity (Wildman–Crippen MR) is 225 cm³/mol. The summed E-state index contributed by atoms with van der Waals surface area (Å²) in [5.41, 5.74) is 5.71. The summed E-state index contributed by atoms with van der Waals surface area (Å²) in [5, 5.41) is 6.98. The van der Waals surface area contributed by atoms with Crippen molar-refractivity contribution < 1.29 is 32.7 Å². The number of likely N-dealkylation sites (tertiary alicyclic amines) is 1. The lowest BCUT2D eigenvalue weighted by atomic mass is 10.0. The first kappa shape index (κ1) is 41.0. The average Bonchev–Trinajstić information content (AvgIpc) is 3.91. The monoisotopic (exact) mass is 840 g/mol. The Balaban J connectivity index is 0.753. The maximum absolute atomic E-state index is 15.4. The van der Waals surface area contributed by atoms with E-state index in [2.05, 4.69) is 27.2 Å². The van der Waals surface area contributed by atoms with Gasteiger partial charge >= 0.3 is 0 Å². The minimum Gasteiger partial charge on any atom is -0.379 e. The van der Waals surface area contributed by atoms with Crippen LogP contribution in [0.3, 0.4) is 0 Å². The number of carbonyl (C=O) groups excluding carboxylic acids is 4. The third kappa shape index (κ3) is 8.71. The van der Waals surface area contributed by atoms with E-state index in [0.29, 0.717) is 98.6 Å². The Hall–Kier alpha value is -6.37. The summed E-state index contributed by atoms with van der Waals surface area (Å²) in [4.78, 5) is 65.0. The van der Waals surface area contributed by atoms with Gasteiger partial charge in [0.05, 0.1) is 48.4 Å². The number of hydrogen-bond donors (Lipinski definition) is 1. The van der Waals surface area contributed by atoms with Gasteiger partial charge in [-0.05, 0) is 79.6 Å². The SMILES string of the molecule is O=C1CCC(N2Cc3cc(C#CCCCCC(=O)N4CCC(n5cc(-c6cnc7cccc(-c8cc(F)c(CN9CCOCC9)c(F)c8)c7n6)cn5)CC4)ccc3C2=O)C(=O)N1. The third-order valence-electron chi connectivity index (χ3n) is 12.3. The molecular formula is C47H46F2N8O5. The minimum absolute atomic E-state index is 0.0436. The molecule has 0 bridgehead atoms. The molecular weight excluding hydrogens is 795 g/mol. The number of morpholine rings is 1. The number of nitrogens with one attached hydrogen (secondary N) is 1. The van der Waals surface area contributed by atoms with Gasteiger partial charge < -0.3 is 14.5 Å². The van der Waals surface area contributed by atoms with Gasteiger partial charge in [0.25, 0.3) is 5.91 Å². The summed E-state index contributed by atoms with van der Waals surface area (Å²) in [6, 6.07) is 13.1. The van der Waals surface area contributed by atoms with Gasteiger partial charge in [-0.2, -0.15) is 5.10 Å². The highest BCUT2D eigenvalue weighted by molar-refractivity contribution is 6.05. The number of aromatic nitrogens is 4. The van der Waals surface area contributed by atoms with E-state index in [1.165, 1.54) is 17.0 Å². The molecule has 4 aliphatic rings. The van der Waals surface area contributed by atoms with Crippen LogP contribution in [-0.2, 0) is 32.2 Å². The lowest BCUT2D eigenvalue weighted by Crippen LogP contribution is -2.52. The largest absolute Gasteiger partial charge is 0.379 e. The molecule has 0 aliphatic carbocycles. The second-order valence-electron chi connectivity index (χ2n) is 16.3. The highest BCUT2D eigenvalue weighted by atomic mass is 19.1. The number of hydrogen-bond acceptors (Lipinski definition) is 9. The van der Waals surface area contributed by atoms with Crippen molar-refractivity contribution >= 4 is 34.7 Å². The number of amides is 4. The Morgan fingerprint density at radius 2 is 1.71 bits per heavy atom. The maximum Gasteiger partial charge on any atom is 0.255 e. The molecule has 1 N–H and O–H groups in total. The van der Waals surface area contributed by atoms with Crippen molar-refractivity contribution in [2.45, 2.75) is 76.5 Å². The first-order chi connectivity index (χ1) is 30.2. The fourth-order valence-corrected chi connectivity index (χ4v) is 8.81. The molecule has 15 heteroatoms. The summed E-state index contributed by atoms with van der Waals surface area (Å²) in [6.07, 6.45) is 10.1. The Kier molecular flexibility index (Phi) is 11.9. The summed E-state index contributed by atoms with van der Waals surface area (Å²) in [6.45, 7) is 4.11. The number of unbranched alkanes of at least 4 members (excludes halogenated alkanes) is 2. The van der Waals surface area contributed by atoms with Gasteiger partial charge in [0, 0.05) is 92.5 Å². The van der Waals surface area contributed by atoms with Crippen LogP contribution in [0.1, 0.15) is 84.5 Å². The molecule has 6 heterocycles. The number of nitrogens with zero attached hydrogens (tertiary/aromatic N) is 7. The van der Waals surface area contributed by atoms with Crippen LogP contribution in [0, 0.1) is 23.5 Å². The zero-order valence-electron chi connectivity index (χ0n) is 34.2. The van der Waals surface area contributed by atoms with Crippen molar-refractivity contribution in [3.05, 3.63) is 101 Å². The van der Waals surface area contributed by atoms with Gasteiger partial charge in [0.1, 0.15) is 17.7 Å². The number of para-hydroxylation sites is 1. The van der Waals surface area contributed by atoms with Gasteiger partial charge in [-0.3, -0.25) is 39.1 Å². The van der Waals surface area contributed by atoms with E-state index in [1.54, 1.807) is 30.6 Å². The lowest BCUT2D eigenvalue weighted by Gasteiger charge is -2.32. The molecule has 3 fully saturated rings. The molecule has 3 saturated heterocycles. The van der Waals surface area contributed by atoms with E-state index >= 15 is 8.78 Å². The topological polar surface area (TPSA) is 143 Å². The van der Waals surface area contributed by atoms with Crippen molar-refractivity contribution in [1.82, 2.24) is 39.8 Å². The van der Waals surface area contributed by atoms with Gasteiger partial charge in [0.2, 0.25) is 17.7 Å². The number of ether oxygens (including phenoxy) is 1. The molecule has 5 aromatic rings. The fraction of sp³-hybridized carbons (Fsp3) is 0.383. The average molecular weight is 841 g/mol. The first-order valence-corrected chi connectivity index (χ1v) is 21.3. The van der Waals surface area contributed by atoms with E-state index in [9.17, 15) is 19.2 Å². The minimum atomic E-state index is -0.651. The Bertz CT molecular complexity index is 2600. The van der Waals surface area contributed by atoms with E-state index in [1.807, 2.05) is 38.9 Å². The van der Waals surface area contributed by atoms with E-state index in [-0.39, 0.29) is 42.3 Å². The molecule has 62 heavy (non-hydrogen) atoms. The Morgan fingerprint density at radius 3 is 2.50 bits per heavy atom. The van der Waals surface area contributed by atoms with Gasteiger partial charge in [-0.1, -0.05) is 24.0 Å². The molecule has 4 amide bonds. The molecule has 1 atom stereocenters. The molecule has 13 nitrogen and oxygen atoms in total. The zero-order chi connectivity index (χ0) is 42.7. The zero-order valence-corrected chi connectivity index (χ0v) is 34.2. The second kappa shape index (κ2) is 17.9. The predicted octanol–water partition coefficient (Wildman–Crippen LogP) is 5.81. The normalized spacial score (nSPS) is 18.5. The van der Waals surface area contributed by atoms with E-state index < -0.39 is 23.6 Å². The van der Waals surface area contributed by atoms with E-state index in [0.717, 1.165) is 42.4 Å². The molecule has 0 saturated carbocycles. The van der Waals surface area contributed by atoms with Gasteiger partial charge in [0.15, 0.2) is 0 Å². The number of piperidine rings is 2. The lowest BCUT2D eigenvalue weighted by molar-refractivity contribution is -0.137. The Labute approximate surface area is 357 Å². The van der Waals surface area contributed by atoms with Crippen LogP contribution in [0.15, 0.2) is 67.1 Å². The molecule has 3 aromatic carbocycles. The quantitative estimate of drug-likeness (QED) is 0.105. The number of rotatable bonds is 10. The summed E-state index contributed by atoms with van der Waals surface area (Å²) < 4.78 is 38.1. The van der Waals surface area contributed by atoms with E-state index in [4.69, 9.17) is 9.72 Å². The number of carbonyl (C=O) groups is 4. The summed E-state index contributed by atoms with van der Waals surface area (Å²) >= 11 is 0. The molecule has 318 valence electrons. The highest BCUT2D eigenvalue weighted by Crippen LogP contribution is 2.33. The molecule has 0 spiro atoms. The van der Waals surface area contributed by atoms with Crippen molar-refractivity contribution in [3.63, 3.8) is 0 Å². The van der Waals surface area contributed by atoms with Crippen LogP contribution in [0.4, 0.5) is 8.78 Å². The van der Waals surface area contributed by atoms with Crippen LogP contribution in [-0.4, -0.2) is 104 Å². The Morgan fingerprint density at radius 1 is 0.903 bits per heavy atom. The molecule has 2 aromatic heterocycles. The smallest absolute Gasteiger partial charge is 0.255 e. The van der Waals surface area contributed by atoms with Crippen LogP contribution in [0.25, 0.3) is 33.4 Å². The molecule has 9 rings (SSSR count). The van der Waals surface area contributed by atoms with Crippen molar-refractivity contribution in [3.8, 4) is 34.2 Å². The molecule has 1 unspecified atom stereocenters.